The van der Waals surface area contributed by atoms with Crippen molar-refractivity contribution in [3.63, 3.8) is 0 Å². The van der Waals surface area contributed by atoms with Crippen molar-refractivity contribution in [2.75, 3.05) is 7.11 Å². The molecule has 13 heavy (non-hydrogen) atoms. The van der Waals surface area contributed by atoms with Gasteiger partial charge in [-0.1, -0.05) is 0 Å². The smallest absolute Gasteiger partial charge is 0.338 e. The predicted octanol–water partition coefficient (Wildman–Crippen LogP) is 2.18. The number of benzene rings is 1. The Morgan fingerprint density at radius 3 is 2.62 bits per heavy atom. The molecule has 1 aromatic carbocycles. The van der Waals surface area contributed by atoms with E-state index in [0.717, 1.165) is 0 Å². The van der Waals surface area contributed by atoms with Crippen LogP contribution in [0.4, 0.5) is 5.69 Å². The maximum atomic E-state index is 11.1. The van der Waals surface area contributed by atoms with Gasteiger partial charge in [0.1, 0.15) is 5.69 Å². The molecule has 68 valence electrons. The molecule has 0 radical (unpaired) electrons. The fourth-order valence-electron chi connectivity index (χ4n) is 1.04. The van der Waals surface area contributed by atoms with E-state index >= 15 is 0 Å². The molecule has 0 unspecified atom stereocenters. The van der Waals surface area contributed by atoms with Crippen molar-refractivity contribution in [3.8, 4) is 0 Å². The van der Waals surface area contributed by atoms with Crippen molar-refractivity contribution < 1.29 is 9.53 Å². The zero-order chi connectivity index (χ0) is 9.84. The van der Waals surface area contributed by atoms with Crippen molar-refractivity contribution in [1.29, 1.82) is 0 Å². The molecule has 0 aliphatic carbocycles. The van der Waals surface area contributed by atoms with Crippen LogP contribution in [-0.4, -0.2) is 13.1 Å². The van der Waals surface area contributed by atoms with Crippen LogP contribution in [0.3, 0.4) is 0 Å². The van der Waals surface area contributed by atoms with Crippen molar-refractivity contribution in [2.45, 2.75) is 6.92 Å². The summed E-state index contributed by atoms with van der Waals surface area (Å²) in [6.07, 6.45) is 0. The number of ether oxygens (including phenoxy) is 1. The molecule has 0 atom stereocenters. The highest BCUT2D eigenvalue weighted by atomic mass is 16.5. The highest BCUT2D eigenvalue weighted by Crippen LogP contribution is 2.17. The number of hydrogen-bond donors (Lipinski definition) is 0. The van der Waals surface area contributed by atoms with E-state index in [4.69, 9.17) is 0 Å². The first-order chi connectivity index (χ1) is 6.19. The fraction of sp³-hybridized carbons (Fsp3) is 0.222. The lowest BCUT2D eigenvalue weighted by Gasteiger charge is -2.02. The number of nitrogens with zero attached hydrogens (tertiary/aromatic N) is 1. The third-order valence-corrected chi connectivity index (χ3v) is 1.72. The number of esters is 1. The van der Waals surface area contributed by atoms with E-state index in [0.29, 0.717) is 16.8 Å². The van der Waals surface area contributed by atoms with E-state index in [2.05, 4.69) is 9.91 Å². The summed E-state index contributed by atoms with van der Waals surface area (Å²) in [5.74, 6) is -0.407. The van der Waals surface area contributed by atoms with Crippen LogP contribution in [0.2, 0.25) is 0 Å². The van der Waals surface area contributed by atoms with Gasteiger partial charge in [-0.2, -0.15) is 0 Å². The Labute approximate surface area is 75.5 Å². The Morgan fingerprint density at radius 1 is 1.46 bits per heavy atom. The molecule has 0 aliphatic heterocycles. The van der Waals surface area contributed by atoms with Crippen LogP contribution in [0.1, 0.15) is 15.9 Å². The van der Waals surface area contributed by atoms with Crippen LogP contribution in [-0.2, 0) is 4.74 Å². The number of carbonyl (C=O) groups excluding carboxylic acids is 1. The summed E-state index contributed by atoms with van der Waals surface area (Å²) in [7, 11) is 1.31. The molecule has 0 aromatic heterocycles. The lowest BCUT2D eigenvalue weighted by Crippen LogP contribution is -2.02. The zero-order valence-corrected chi connectivity index (χ0v) is 7.40. The lowest BCUT2D eigenvalue weighted by atomic mass is 10.1. The van der Waals surface area contributed by atoms with Gasteiger partial charge in [-0.3, -0.25) is 0 Å². The molecular formula is C9H9NO3. The van der Waals surface area contributed by atoms with Crippen LogP contribution < -0.4 is 0 Å². The Morgan fingerprint density at radius 2 is 2.15 bits per heavy atom. The topological polar surface area (TPSA) is 55.7 Å². The van der Waals surface area contributed by atoms with Crippen LogP contribution in [0.15, 0.2) is 23.4 Å². The van der Waals surface area contributed by atoms with Gasteiger partial charge in [-0.05, 0) is 35.9 Å². The summed E-state index contributed by atoms with van der Waals surface area (Å²) in [4.78, 5) is 21.2. The summed E-state index contributed by atoms with van der Waals surface area (Å²) >= 11 is 0. The van der Waals surface area contributed by atoms with Crippen LogP contribution in [0.5, 0.6) is 0 Å². The molecule has 0 N–H and O–H groups in total. The van der Waals surface area contributed by atoms with Gasteiger partial charge in [-0.15, -0.1) is 4.91 Å². The minimum Gasteiger partial charge on any atom is -0.465 e. The van der Waals surface area contributed by atoms with E-state index in [1.807, 2.05) is 0 Å². The fourth-order valence-corrected chi connectivity index (χ4v) is 1.04. The van der Waals surface area contributed by atoms with Gasteiger partial charge in [0.15, 0.2) is 0 Å². The number of aryl methyl sites for hydroxylation is 1. The molecule has 4 nitrogen and oxygen atoms in total. The second kappa shape index (κ2) is 3.80. The SMILES string of the molecule is COC(=O)c1ccc(N=O)cc1C. The summed E-state index contributed by atoms with van der Waals surface area (Å²) in [5.41, 5.74) is 1.45. The average molecular weight is 179 g/mol. The third kappa shape index (κ3) is 1.90. The van der Waals surface area contributed by atoms with Gasteiger partial charge in [0.2, 0.25) is 0 Å². The Balaban J connectivity index is 3.12. The summed E-state index contributed by atoms with van der Waals surface area (Å²) in [6.45, 7) is 1.72. The number of carbonyl (C=O) groups is 1. The molecule has 0 spiro atoms. The molecule has 4 heteroatoms. The van der Waals surface area contributed by atoms with E-state index < -0.39 is 5.97 Å². The van der Waals surface area contributed by atoms with Crippen molar-refractivity contribution >= 4 is 11.7 Å². The standard InChI is InChI=1S/C9H9NO3/c1-6-5-7(10-12)3-4-8(6)9(11)13-2/h3-5H,1-2H3. The van der Waals surface area contributed by atoms with Crippen molar-refractivity contribution in [2.24, 2.45) is 5.18 Å². The maximum Gasteiger partial charge on any atom is 0.338 e. The first-order valence-corrected chi connectivity index (χ1v) is 3.71. The Hall–Kier alpha value is -1.71. The van der Waals surface area contributed by atoms with Crippen LogP contribution >= 0.6 is 0 Å². The Bertz CT molecular complexity index is 347. The molecular weight excluding hydrogens is 170 g/mol. The van der Waals surface area contributed by atoms with Gasteiger partial charge in [0.25, 0.3) is 0 Å². The second-order valence-electron chi connectivity index (χ2n) is 2.58. The van der Waals surface area contributed by atoms with Gasteiger partial charge in [-0.25, -0.2) is 4.79 Å². The molecule has 0 bridgehead atoms. The van der Waals surface area contributed by atoms with Crippen LogP contribution in [0, 0.1) is 11.8 Å². The maximum absolute atomic E-state index is 11.1. The largest absolute Gasteiger partial charge is 0.465 e. The minimum absolute atomic E-state index is 0.310. The molecule has 0 heterocycles. The van der Waals surface area contributed by atoms with Gasteiger partial charge < -0.3 is 4.74 Å². The monoisotopic (exact) mass is 179 g/mol. The van der Waals surface area contributed by atoms with E-state index in [1.165, 1.54) is 19.2 Å². The first-order valence-electron chi connectivity index (χ1n) is 3.71. The van der Waals surface area contributed by atoms with E-state index in [9.17, 15) is 9.70 Å². The molecule has 0 saturated carbocycles. The van der Waals surface area contributed by atoms with Gasteiger partial charge in [0, 0.05) is 0 Å². The predicted molar refractivity (Wildman–Crippen MR) is 48.0 cm³/mol. The highest BCUT2D eigenvalue weighted by Gasteiger charge is 2.08. The third-order valence-electron chi connectivity index (χ3n) is 1.72. The van der Waals surface area contributed by atoms with Gasteiger partial charge in [0.05, 0.1) is 12.7 Å². The minimum atomic E-state index is -0.407. The summed E-state index contributed by atoms with van der Waals surface area (Å²) < 4.78 is 4.54. The number of rotatable bonds is 2. The molecule has 1 rings (SSSR count). The van der Waals surface area contributed by atoms with Gasteiger partial charge >= 0.3 is 5.97 Å². The molecule has 0 amide bonds. The normalized spacial score (nSPS) is 9.38. The van der Waals surface area contributed by atoms with E-state index in [-0.39, 0.29) is 0 Å². The number of methoxy groups -OCH3 is 1. The number of nitroso groups, excluding NO2 is 1. The summed E-state index contributed by atoms with van der Waals surface area (Å²) in [6, 6.07) is 4.55. The zero-order valence-electron chi connectivity index (χ0n) is 7.40. The average Bonchev–Trinajstić information content (AvgIpc) is 2.16. The second-order valence-corrected chi connectivity index (χ2v) is 2.58. The Kier molecular flexibility index (Phi) is 2.74. The highest BCUT2D eigenvalue weighted by molar-refractivity contribution is 5.91. The van der Waals surface area contributed by atoms with Crippen molar-refractivity contribution in [1.82, 2.24) is 0 Å². The molecule has 0 fully saturated rings. The first kappa shape index (κ1) is 9.38. The van der Waals surface area contributed by atoms with E-state index in [1.54, 1.807) is 13.0 Å². The van der Waals surface area contributed by atoms with Crippen molar-refractivity contribution in [3.05, 3.63) is 34.2 Å². The quantitative estimate of drug-likeness (QED) is 0.516. The summed E-state index contributed by atoms with van der Waals surface area (Å²) in [5, 5.41) is 2.76. The lowest BCUT2D eigenvalue weighted by molar-refractivity contribution is 0.0600. The number of hydrogen-bond acceptors (Lipinski definition) is 4. The molecule has 1 aromatic rings. The molecule has 0 aliphatic rings. The van der Waals surface area contributed by atoms with Crippen LogP contribution in [0.25, 0.3) is 0 Å². The molecule has 0 saturated heterocycles.